The minimum atomic E-state index is -0.756. The number of nitrogens with one attached hydrogen (secondary N) is 2. The summed E-state index contributed by atoms with van der Waals surface area (Å²) in [5.74, 6) is -2.06. The molecule has 0 unspecified atom stereocenters. The number of hydrogen-bond donors (Lipinski definition) is 2. The topological polar surface area (TPSA) is 71.8 Å². The van der Waals surface area contributed by atoms with Gasteiger partial charge in [0.25, 0.3) is 5.91 Å². The summed E-state index contributed by atoms with van der Waals surface area (Å²) in [6.07, 6.45) is 3.39. The Labute approximate surface area is 125 Å². The first-order chi connectivity index (χ1) is 10.6. The molecule has 2 heterocycles. The van der Waals surface area contributed by atoms with Crippen LogP contribution in [0, 0.1) is 11.6 Å². The van der Waals surface area contributed by atoms with Gasteiger partial charge in [-0.1, -0.05) is 5.21 Å². The lowest BCUT2D eigenvalue weighted by molar-refractivity contribution is 0.102. The summed E-state index contributed by atoms with van der Waals surface area (Å²) in [5.41, 5.74) is 0.155. The number of anilines is 1. The van der Waals surface area contributed by atoms with Crippen LogP contribution in [0.3, 0.4) is 0 Å². The van der Waals surface area contributed by atoms with Gasteiger partial charge in [0, 0.05) is 11.8 Å². The van der Waals surface area contributed by atoms with Crippen LogP contribution in [0.2, 0.25) is 0 Å². The molecular formula is C14H15F2N5O. The van der Waals surface area contributed by atoms with Gasteiger partial charge in [-0.2, -0.15) is 0 Å². The Kier molecular flexibility index (Phi) is 4.10. The molecule has 8 heteroatoms. The van der Waals surface area contributed by atoms with Crippen LogP contribution >= 0.6 is 0 Å². The van der Waals surface area contributed by atoms with Crippen molar-refractivity contribution in [2.75, 3.05) is 18.4 Å². The highest BCUT2D eigenvalue weighted by atomic mass is 19.1. The molecule has 1 amide bonds. The molecule has 1 aliphatic heterocycles. The molecule has 1 aromatic carbocycles. The molecule has 0 spiro atoms. The third-order valence-electron chi connectivity index (χ3n) is 3.55. The lowest BCUT2D eigenvalue weighted by Crippen LogP contribution is -2.29. The van der Waals surface area contributed by atoms with Crippen molar-refractivity contribution in [3.63, 3.8) is 0 Å². The largest absolute Gasteiger partial charge is 0.320 e. The van der Waals surface area contributed by atoms with E-state index in [0.29, 0.717) is 0 Å². The van der Waals surface area contributed by atoms with E-state index in [4.69, 9.17) is 0 Å². The molecule has 2 N–H and O–H groups in total. The second kappa shape index (κ2) is 6.18. The first-order valence-corrected chi connectivity index (χ1v) is 7.02. The third-order valence-corrected chi connectivity index (χ3v) is 3.55. The highest BCUT2D eigenvalue weighted by molar-refractivity contribution is 6.02. The van der Waals surface area contributed by atoms with Crippen LogP contribution in [-0.2, 0) is 0 Å². The van der Waals surface area contributed by atoms with Gasteiger partial charge >= 0.3 is 0 Å². The van der Waals surface area contributed by atoms with Crippen LogP contribution in [0.1, 0.15) is 29.4 Å². The van der Waals surface area contributed by atoms with Crippen molar-refractivity contribution in [2.45, 2.75) is 18.9 Å². The summed E-state index contributed by atoms with van der Waals surface area (Å²) >= 11 is 0. The van der Waals surface area contributed by atoms with Crippen LogP contribution in [0.4, 0.5) is 14.5 Å². The van der Waals surface area contributed by atoms with E-state index in [1.54, 1.807) is 10.9 Å². The fourth-order valence-electron chi connectivity index (χ4n) is 2.45. The highest BCUT2D eigenvalue weighted by Crippen LogP contribution is 2.18. The van der Waals surface area contributed by atoms with Gasteiger partial charge in [-0.15, -0.1) is 5.10 Å². The van der Waals surface area contributed by atoms with Gasteiger partial charge in [0.15, 0.2) is 5.69 Å². The number of amides is 1. The molecule has 1 aliphatic rings. The normalized spacial score (nSPS) is 15.7. The molecule has 1 saturated heterocycles. The average molecular weight is 307 g/mol. The Morgan fingerprint density at radius 1 is 1.23 bits per heavy atom. The lowest BCUT2D eigenvalue weighted by atomic mass is 10.1. The van der Waals surface area contributed by atoms with E-state index in [-0.39, 0.29) is 17.4 Å². The number of carbonyl (C=O) groups excluding carboxylic acids is 1. The molecule has 0 bridgehead atoms. The minimum absolute atomic E-state index is 0.0407. The molecule has 22 heavy (non-hydrogen) atoms. The van der Waals surface area contributed by atoms with E-state index in [0.717, 1.165) is 44.1 Å². The van der Waals surface area contributed by atoms with Crippen LogP contribution in [0.25, 0.3) is 0 Å². The van der Waals surface area contributed by atoms with Crippen molar-refractivity contribution >= 4 is 11.6 Å². The quantitative estimate of drug-likeness (QED) is 0.906. The Morgan fingerprint density at radius 3 is 2.59 bits per heavy atom. The van der Waals surface area contributed by atoms with Gasteiger partial charge in [-0.05, 0) is 38.1 Å². The first kappa shape index (κ1) is 14.6. The number of aromatic nitrogens is 3. The number of nitrogens with zero attached hydrogens (tertiary/aromatic N) is 3. The van der Waals surface area contributed by atoms with Crippen LogP contribution in [0.5, 0.6) is 0 Å². The first-order valence-electron chi connectivity index (χ1n) is 7.02. The van der Waals surface area contributed by atoms with Gasteiger partial charge in [0.05, 0.1) is 12.2 Å². The minimum Gasteiger partial charge on any atom is -0.320 e. The van der Waals surface area contributed by atoms with E-state index in [1.807, 2.05) is 0 Å². The second-order valence-electron chi connectivity index (χ2n) is 5.18. The van der Waals surface area contributed by atoms with Gasteiger partial charge in [-0.25, -0.2) is 13.5 Å². The molecule has 0 atom stereocenters. The highest BCUT2D eigenvalue weighted by Gasteiger charge is 2.19. The average Bonchev–Trinajstić information content (AvgIpc) is 2.97. The molecule has 2 aromatic rings. The summed E-state index contributed by atoms with van der Waals surface area (Å²) in [7, 11) is 0. The zero-order valence-electron chi connectivity index (χ0n) is 11.7. The molecule has 3 rings (SSSR count). The van der Waals surface area contributed by atoms with Crippen molar-refractivity contribution in [1.29, 1.82) is 0 Å². The van der Waals surface area contributed by atoms with Crippen molar-refractivity contribution < 1.29 is 13.6 Å². The number of rotatable bonds is 3. The van der Waals surface area contributed by atoms with Crippen molar-refractivity contribution in [3.05, 3.63) is 41.7 Å². The van der Waals surface area contributed by atoms with E-state index < -0.39 is 17.5 Å². The second-order valence-corrected chi connectivity index (χ2v) is 5.18. The summed E-state index contributed by atoms with van der Waals surface area (Å²) in [5, 5.41) is 13.4. The summed E-state index contributed by atoms with van der Waals surface area (Å²) < 4.78 is 27.9. The van der Waals surface area contributed by atoms with Crippen LogP contribution in [0.15, 0.2) is 24.4 Å². The summed E-state index contributed by atoms with van der Waals surface area (Å²) in [6, 6.07) is 3.03. The Hall–Kier alpha value is -2.35. The molecule has 116 valence electrons. The van der Waals surface area contributed by atoms with Gasteiger partial charge in [-0.3, -0.25) is 4.79 Å². The number of hydrogen-bond acceptors (Lipinski definition) is 4. The lowest BCUT2D eigenvalue weighted by Gasteiger charge is -2.22. The molecular weight excluding hydrogens is 292 g/mol. The van der Waals surface area contributed by atoms with E-state index in [9.17, 15) is 13.6 Å². The van der Waals surface area contributed by atoms with Gasteiger partial charge in [0.1, 0.15) is 11.6 Å². The van der Waals surface area contributed by atoms with Crippen molar-refractivity contribution in [2.24, 2.45) is 0 Å². The molecule has 1 fully saturated rings. The van der Waals surface area contributed by atoms with Crippen LogP contribution in [-0.4, -0.2) is 34.0 Å². The number of halogens is 2. The standard InChI is InChI=1S/C14H15F2N5O/c15-9-5-10(16)7-11(6-9)18-14(22)13-8-21(20-19-13)12-1-3-17-4-2-12/h5-8,12,17H,1-4H2,(H,18,22). The molecule has 1 aromatic heterocycles. The van der Waals surface area contributed by atoms with E-state index >= 15 is 0 Å². The van der Waals surface area contributed by atoms with Gasteiger partial charge < -0.3 is 10.6 Å². The SMILES string of the molecule is O=C(Nc1cc(F)cc(F)c1)c1cn(C2CCNCC2)nn1. The number of carbonyl (C=O) groups is 1. The zero-order chi connectivity index (χ0) is 15.5. The van der Waals surface area contributed by atoms with Gasteiger partial charge in [0.2, 0.25) is 0 Å². The maximum absolute atomic E-state index is 13.1. The third kappa shape index (κ3) is 3.28. The fraction of sp³-hybridized carbons (Fsp3) is 0.357. The summed E-state index contributed by atoms with van der Waals surface area (Å²) in [6.45, 7) is 1.79. The molecule has 0 aliphatic carbocycles. The maximum atomic E-state index is 13.1. The molecule has 0 radical (unpaired) electrons. The van der Waals surface area contributed by atoms with E-state index in [1.165, 1.54) is 0 Å². The number of piperidine rings is 1. The van der Waals surface area contributed by atoms with E-state index in [2.05, 4.69) is 20.9 Å². The predicted molar refractivity (Wildman–Crippen MR) is 75.5 cm³/mol. The van der Waals surface area contributed by atoms with Crippen molar-refractivity contribution in [1.82, 2.24) is 20.3 Å². The monoisotopic (exact) mass is 307 g/mol. The number of benzene rings is 1. The predicted octanol–water partition coefficient (Wildman–Crippen LogP) is 1.73. The summed E-state index contributed by atoms with van der Waals surface area (Å²) in [4.78, 5) is 12.0. The van der Waals surface area contributed by atoms with Crippen molar-refractivity contribution in [3.8, 4) is 0 Å². The Balaban J connectivity index is 1.71. The Morgan fingerprint density at radius 2 is 1.91 bits per heavy atom. The van der Waals surface area contributed by atoms with Crippen LogP contribution < -0.4 is 10.6 Å². The molecule has 0 saturated carbocycles. The molecule has 6 nitrogen and oxygen atoms in total. The fourth-order valence-corrected chi connectivity index (χ4v) is 2.45. The Bertz CT molecular complexity index is 661. The zero-order valence-corrected chi connectivity index (χ0v) is 11.7. The smallest absolute Gasteiger partial charge is 0.277 e. The maximum Gasteiger partial charge on any atom is 0.277 e.